The molecule has 0 unspecified atom stereocenters. The van der Waals surface area contributed by atoms with Gasteiger partial charge in [0.05, 0.1) is 0 Å². The molecule has 4 nitrogen and oxygen atoms in total. The van der Waals surface area contributed by atoms with Crippen molar-refractivity contribution in [3.63, 3.8) is 0 Å². The molecule has 0 amide bonds. The highest BCUT2D eigenvalue weighted by Crippen LogP contribution is 2.54. The van der Waals surface area contributed by atoms with Crippen LogP contribution >= 0.6 is 0 Å². The Bertz CT molecular complexity index is 380. The van der Waals surface area contributed by atoms with E-state index in [1.165, 1.54) is 0 Å². The topological polar surface area (TPSA) is 68.3 Å². The van der Waals surface area contributed by atoms with Crippen LogP contribution < -0.4 is 0 Å². The fourth-order valence-electron chi connectivity index (χ4n) is 1.33. The smallest absolute Gasteiger partial charge is 0.210 e. The summed E-state index contributed by atoms with van der Waals surface area (Å²) in [6.07, 6.45) is 1.00. The summed E-state index contributed by atoms with van der Waals surface area (Å²) in [7, 11) is -7.98. The molecule has 1 heterocycles. The summed E-state index contributed by atoms with van der Waals surface area (Å²) in [6, 6.07) is 0. The summed E-state index contributed by atoms with van der Waals surface area (Å²) in [5, 5.41) is 0. The molecule has 0 N–H and O–H groups in total. The summed E-state index contributed by atoms with van der Waals surface area (Å²) in [5.74, 6) is -0.481. The van der Waals surface area contributed by atoms with E-state index in [4.69, 9.17) is 0 Å². The van der Waals surface area contributed by atoms with E-state index in [1.807, 2.05) is 0 Å². The second-order valence-corrected chi connectivity index (χ2v) is 9.05. The lowest BCUT2D eigenvalue weighted by molar-refractivity contribution is 0.563. The maximum Gasteiger partial charge on any atom is 0.280 e. The molecule has 1 fully saturated rings. The molecule has 0 aromatic carbocycles. The Labute approximate surface area is 71.5 Å². The van der Waals surface area contributed by atoms with E-state index in [0.29, 0.717) is 0 Å². The van der Waals surface area contributed by atoms with E-state index < -0.39 is 27.7 Å². The van der Waals surface area contributed by atoms with Gasteiger partial charge in [-0.1, -0.05) is 19.9 Å². The average Bonchev–Trinajstić information content (AvgIpc) is 2.21. The van der Waals surface area contributed by atoms with Crippen molar-refractivity contribution >= 4 is 17.7 Å². The van der Waals surface area contributed by atoms with Crippen molar-refractivity contribution < 1.29 is 16.8 Å². The summed E-state index contributed by atoms with van der Waals surface area (Å²) in [5.41, 5.74) is 0. The molecule has 1 rings (SSSR count). The molecule has 0 atom stereocenters. The van der Waals surface area contributed by atoms with Crippen LogP contribution in [0.15, 0.2) is 12.7 Å². The molecule has 0 radical (unpaired) electrons. The molecule has 70 valence electrons. The number of rotatable bonds is 2. The highest BCUT2D eigenvalue weighted by atomic mass is 33.2. The van der Waals surface area contributed by atoms with Crippen LogP contribution in [0.1, 0.15) is 13.8 Å². The van der Waals surface area contributed by atoms with E-state index in [-0.39, 0.29) is 0 Å². The fraction of sp³-hybridized carbons (Fsp3) is 0.667. The number of hydrogen-bond donors (Lipinski definition) is 0. The Hall–Kier alpha value is -0.360. The predicted octanol–water partition coefficient (Wildman–Crippen LogP) is 0.283. The van der Waals surface area contributed by atoms with Crippen molar-refractivity contribution in [1.29, 1.82) is 0 Å². The maximum atomic E-state index is 11.1. The first kappa shape index (κ1) is 9.73. The molecule has 6 heteroatoms. The molecule has 1 aliphatic heterocycles. The predicted molar refractivity (Wildman–Crippen MR) is 45.6 cm³/mol. The first-order valence-corrected chi connectivity index (χ1v) is 6.87. The normalized spacial score (nSPS) is 28.2. The molecule has 0 aromatic heterocycles. The largest absolute Gasteiger partial charge is 0.280 e. The summed E-state index contributed by atoms with van der Waals surface area (Å²) in [6.45, 7) is 6.34. The highest BCUT2D eigenvalue weighted by Gasteiger charge is 2.79. The Morgan fingerprint density at radius 1 is 1.17 bits per heavy atom. The molecule has 1 aliphatic rings. The summed E-state index contributed by atoms with van der Waals surface area (Å²) < 4.78 is 42.5. The molecule has 1 saturated heterocycles. The third kappa shape index (κ3) is 0.636. The minimum absolute atomic E-state index is 0.481. The molecule has 12 heavy (non-hydrogen) atoms. The monoisotopic (exact) mass is 210 g/mol. The van der Waals surface area contributed by atoms with E-state index in [0.717, 1.165) is 6.08 Å². The Morgan fingerprint density at radius 3 is 1.50 bits per heavy atom. The van der Waals surface area contributed by atoms with Crippen LogP contribution in [0.25, 0.3) is 0 Å². The van der Waals surface area contributed by atoms with Gasteiger partial charge in [-0.25, -0.2) is 16.8 Å². The second-order valence-electron chi connectivity index (χ2n) is 2.99. The maximum absolute atomic E-state index is 11.1. The zero-order valence-electron chi connectivity index (χ0n) is 6.81. The molecule has 0 aliphatic carbocycles. The van der Waals surface area contributed by atoms with Crippen LogP contribution in [0.2, 0.25) is 0 Å². The third-order valence-corrected chi connectivity index (χ3v) is 9.45. The number of hydrogen-bond acceptors (Lipinski definition) is 4. The van der Waals surface area contributed by atoms with Crippen LogP contribution in [-0.2, 0) is 17.7 Å². The van der Waals surface area contributed by atoms with Gasteiger partial charge in [-0.15, -0.1) is 6.58 Å². The third-order valence-electron chi connectivity index (χ3n) is 2.13. The van der Waals surface area contributed by atoms with Crippen molar-refractivity contribution in [2.24, 2.45) is 5.92 Å². The van der Waals surface area contributed by atoms with Crippen molar-refractivity contribution in [3.05, 3.63) is 12.7 Å². The van der Waals surface area contributed by atoms with E-state index in [1.54, 1.807) is 13.8 Å². The lowest BCUT2D eigenvalue weighted by Crippen LogP contribution is -2.18. The highest BCUT2D eigenvalue weighted by molar-refractivity contribution is 8.84. The molecule has 0 saturated carbocycles. The standard InChI is InChI=1S/C6H10O4S2/c1-4-6(5(2)3)11(7,8)12(6,9)10/h4-5H,1H2,2-3H3. The van der Waals surface area contributed by atoms with Gasteiger partial charge in [0, 0.05) is 0 Å². The van der Waals surface area contributed by atoms with Gasteiger partial charge in [0.25, 0.3) is 17.7 Å². The zero-order chi connectivity index (χ0) is 9.78. The molecular formula is C6H10O4S2. The van der Waals surface area contributed by atoms with Gasteiger partial charge in [0.15, 0.2) is 0 Å². The van der Waals surface area contributed by atoms with Gasteiger partial charge < -0.3 is 0 Å². The van der Waals surface area contributed by atoms with E-state index in [2.05, 4.69) is 6.58 Å². The lowest BCUT2D eigenvalue weighted by atomic mass is 10.1. The Balaban J connectivity index is 3.52. The lowest BCUT2D eigenvalue weighted by Gasteiger charge is -2.04. The van der Waals surface area contributed by atoms with E-state index >= 15 is 0 Å². The van der Waals surface area contributed by atoms with Crippen LogP contribution in [0.4, 0.5) is 0 Å². The van der Waals surface area contributed by atoms with Crippen LogP contribution in [-0.4, -0.2) is 20.9 Å². The SMILES string of the molecule is C=CC1(C(C)C)S(=O)(=O)S1(=O)=O. The Morgan fingerprint density at radius 2 is 1.50 bits per heavy atom. The van der Waals surface area contributed by atoms with Gasteiger partial charge in [-0.2, -0.15) is 0 Å². The second kappa shape index (κ2) is 2.11. The van der Waals surface area contributed by atoms with Crippen molar-refractivity contribution in [2.75, 3.05) is 0 Å². The van der Waals surface area contributed by atoms with Gasteiger partial charge in [-0.05, 0) is 5.92 Å². The van der Waals surface area contributed by atoms with Crippen molar-refractivity contribution in [2.45, 2.75) is 17.9 Å². The minimum atomic E-state index is -3.99. The molecule has 0 bridgehead atoms. The van der Waals surface area contributed by atoms with Crippen LogP contribution in [0.3, 0.4) is 0 Å². The molecule has 0 aromatic rings. The average molecular weight is 210 g/mol. The summed E-state index contributed by atoms with van der Waals surface area (Å²) in [4.78, 5) is 0. The molecule has 0 spiro atoms. The Kier molecular flexibility index (Phi) is 1.71. The van der Waals surface area contributed by atoms with Gasteiger partial charge in [-0.3, -0.25) is 0 Å². The van der Waals surface area contributed by atoms with E-state index in [9.17, 15) is 16.8 Å². The zero-order valence-corrected chi connectivity index (χ0v) is 8.44. The van der Waals surface area contributed by atoms with Crippen LogP contribution in [0, 0.1) is 5.92 Å². The first-order valence-electron chi connectivity index (χ1n) is 3.38. The quantitative estimate of drug-likeness (QED) is 0.373. The summed E-state index contributed by atoms with van der Waals surface area (Å²) >= 11 is 0. The first-order chi connectivity index (χ1) is 5.25. The van der Waals surface area contributed by atoms with Gasteiger partial charge in [0.1, 0.15) is 0 Å². The minimum Gasteiger partial charge on any atom is -0.210 e. The van der Waals surface area contributed by atoms with Crippen molar-refractivity contribution in [1.82, 2.24) is 0 Å². The van der Waals surface area contributed by atoms with Gasteiger partial charge in [0.2, 0.25) is 4.08 Å². The fourth-order valence-corrected chi connectivity index (χ4v) is 7.99. The molecular weight excluding hydrogens is 200 g/mol. The van der Waals surface area contributed by atoms with Crippen LogP contribution in [0.5, 0.6) is 0 Å². The van der Waals surface area contributed by atoms with Gasteiger partial charge >= 0.3 is 0 Å². The van der Waals surface area contributed by atoms with Crippen molar-refractivity contribution in [3.8, 4) is 0 Å².